The molecule has 2 aliphatic rings. The van der Waals surface area contributed by atoms with Crippen molar-refractivity contribution in [3.8, 4) is 5.69 Å². The lowest BCUT2D eigenvalue weighted by molar-refractivity contribution is -0.137. The van der Waals surface area contributed by atoms with Crippen LogP contribution in [0.5, 0.6) is 0 Å². The molecule has 0 bridgehead atoms. The van der Waals surface area contributed by atoms with Crippen molar-refractivity contribution in [1.29, 1.82) is 0 Å². The number of hydrogen-bond donors (Lipinski definition) is 1. The van der Waals surface area contributed by atoms with Crippen LogP contribution in [0, 0.1) is 0 Å². The molecule has 1 aromatic carbocycles. The van der Waals surface area contributed by atoms with Gasteiger partial charge >= 0.3 is 6.18 Å². The molecule has 3 aromatic rings. The highest BCUT2D eigenvalue weighted by Gasteiger charge is 2.44. The molecular formula is C25H25F3N4S. The molecule has 1 N–H and O–H groups in total. The maximum Gasteiger partial charge on any atom is 0.416 e. The van der Waals surface area contributed by atoms with E-state index in [4.69, 9.17) is 12.2 Å². The molecule has 2 fully saturated rings. The summed E-state index contributed by atoms with van der Waals surface area (Å²) in [6, 6.07) is 15.0. The third-order valence-corrected chi connectivity index (χ3v) is 6.97. The topological polar surface area (TPSA) is 33.1 Å². The van der Waals surface area contributed by atoms with Gasteiger partial charge in [0.2, 0.25) is 0 Å². The van der Waals surface area contributed by atoms with Crippen LogP contribution < -0.4 is 5.32 Å². The highest BCUT2D eigenvalue weighted by Crippen LogP contribution is 2.43. The molecule has 1 saturated heterocycles. The molecule has 0 spiro atoms. The van der Waals surface area contributed by atoms with Crippen molar-refractivity contribution in [2.45, 2.75) is 56.4 Å². The van der Waals surface area contributed by atoms with Crippen molar-refractivity contribution in [2.24, 2.45) is 0 Å². The van der Waals surface area contributed by atoms with Gasteiger partial charge in [0.15, 0.2) is 5.11 Å². The minimum absolute atomic E-state index is 0.181. The molecule has 4 nitrogen and oxygen atoms in total. The number of rotatable bonds is 4. The minimum Gasteiger partial charge on any atom is -0.352 e. The molecule has 0 amide bonds. The lowest BCUT2D eigenvalue weighted by Gasteiger charge is -2.37. The number of alkyl halides is 3. The van der Waals surface area contributed by atoms with Crippen LogP contribution >= 0.6 is 12.2 Å². The fraction of sp³-hybridized carbons (Fsp3) is 0.360. The molecule has 172 valence electrons. The Kier molecular flexibility index (Phi) is 5.86. The van der Waals surface area contributed by atoms with Crippen LogP contribution in [0.1, 0.15) is 61.1 Å². The van der Waals surface area contributed by atoms with E-state index >= 15 is 0 Å². The van der Waals surface area contributed by atoms with E-state index in [0.717, 1.165) is 43.1 Å². The monoisotopic (exact) mass is 470 g/mol. The Morgan fingerprint density at radius 1 is 0.970 bits per heavy atom. The van der Waals surface area contributed by atoms with Gasteiger partial charge in [0.05, 0.1) is 23.3 Å². The molecule has 3 heterocycles. The van der Waals surface area contributed by atoms with Crippen molar-refractivity contribution in [3.63, 3.8) is 0 Å². The quantitative estimate of drug-likeness (QED) is 0.461. The van der Waals surface area contributed by atoms with Crippen molar-refractivity contribution in [1.82, 2.24) is 19.8 Å². The maximum atomic E-state index is 13.4. The summed E-state index contributed by atoms with van der Waals surface area (Å²) < 4.78 is 42.0. The molecule has 0 radical (unpaired) electrons. The Morgan fingerprint density at radius 2 is 1.79 bits per heavy atom. The SMILES string of the molecule is FC(F)(F)c1cccc(-n2cccc2[C@@H]2[C@H](c3ccccn3)NC(=S)N2C2CCCCC2)c1. The standard InChI is InChI=1S/C25H25F3N4S/c26-25(27,28)17-8-6-11-19(16-17)31-15-7-13-21(31)23-22(20-12-4-5-14-29-20)30-24(33)32(23)18-9-2-1-3-10-18/h4-8,11-16,18,22-23H,1-3,9-10H2,(H,30,33)/t22-,23+/m0/s1. The zero-order chi connectivity index (χ0) is 23.0. The van der Waals surface area contributed by atoms with Crippen LogP contribution in [0.3, 0.4) is 0 Å². The van der Waals surface area contributed by atoms with Crippen molar-refractivity contribution < 1.29 is 13.2 Å². The van der Waals surface area contributed by atoms with E-state index in [0.29, 0.717) is 16.8 Å². The first kappa shape index (κ1) is 21.9. The highest BCUT2D eigenvalue weighted by molar-refractivity contribution is 7.80. The third-order valence-electron chi connectivity index (χ3n) is 6.64. The normalized spacial score (nSPS) is 21.9. The van der Waals surface area contributed by atoms with Crippen LogP contribution in [0.15, 0.2) is 67.0 Å². The first-order chi connectivity index (χ1) is 15.9. The molecule has 1 aliphatic heterocycles. The Bertz CT molecular complexity index is 1120. The van der Waals surface area contributed by atoms with E-state index < -0.39 is 11.7 Å². The molecule has 0 unspecified atom stereocenters. The zero-order valence-corrected chi connectivity index (χ0v) is 18.8. The summed E-state index contributed by atoms with van der Waals surface area (Å²) in [5, 5.41) is 4.15. The number of thiocarbonyl (C=S) groups is 1. The van der Waals surface area contributed by atoms with Gasteiger partial charge in [-0.15, -0.1) is 0 Å². The van der Waals surface area contributed by atoms with Gasteiger partial charge in [-0.05, 0) is 67.5 Å². The summed E-state index contributed by atoms with van der Waals surface area (Å²) in [7, 11) is 0. The van der Waals surface area contributed by atoms with Crippen LogP contribution in [0.4, 0.5) is 13.2 Å². The second-order valence-electron chi connectivity index (χ2n) is 8.68. The van der Waals surface area contributed by atoms with Crippen molar-refractivity contribution in [2.75, 3.05) is 0 Å². The fourth-order valence-corrected chi connectivity index (χ4v) is 5.53. The minimum atomic E-state index is -4.40. The first-order valence-electron chi connectivity index (χ1n) is 11.3. The van der Waals surface area contributed by atoms with Crippen molar-refractivity contribution >= 4 is 17.3 Å². The van der Waals surface area contributed by atoms with Crippen LogP contribution in [0.25, 0.3) is 5.69 Å². The first-order valence-corrected chi connectivity index (χ1v) is 11.7. The van der Waals surface area contributed by atoms with Crippen molar-refractivity contribution in [3.05, 3.63) is 83.9 Å². The van der Waals surface area contributed by atoms with E-state index in [-0.39, 0.29) is 12.1 Å². The molecule has 1 saturated carbocycles. The fourth-order valence-electron chi connectivity index (χ4n) is 5.14. The van der Waals surface area contributed by atoms with E-state index in [1.54, 1.807) is 12.3 Å². The van der Waals surface area contributed by atoms with E-state index in [2.05, 4.69) is 15.2 Å². The predicted molar refractivity (Wildman–Crippen MR) is 125 cm³/mol. The average molecular weight is 471 g/mol. The van der Waals surface area contributed by atoms with Gasteiger partial charge in [0, 0.05) is 29.8 Å². The summed E-state index contributed by atoms with van der Waals surface area (Å²) in [6.45, 7) is 0. The van der Waals surface area contributed by atoms with Crippen LogP contribution in [0.2, 0.25) is 0 Å². The Balaban J connectivity index is 1.60. The molecular weight excluding hydrogens is 445 g/mol. The molecule has 33 heavy (non-hydrogen) atoms. The summed E-state index contributed by atoms with van der Waals surface area (Å²) in [5.74, 6) is 0. The van der Waals surface area contributed by atoms with Gasteiger partial charge in [-0.2, -0.15) is 13.2 Å². The predicted octanol–water partition coefficient (Wildman–Crippen LogP) is 6.20. The maximum absolute atomic E-state index is 13.4. The number of hydrogen-bond acceptors (Lipinski definition) is 2. The largest absolute Gasteiger partial charge is 0.416 e. The van der Waals surface area contributed by atoms with Gasteiger partial charge in [-0.3, -0.25) is 4.98 Å². The number of halogens is 3. The highest BCUT2D eigenvalue weighted by atomic mass is 32.1. The summed E-state index contributed by atoms with van der Waals surface area (Å²) in [5.41, 5.74) is 1.57. The molecule has 2 atom stereocenters. The van der Waals surface area contributed by atoms with Crippen LogP contribution in [-0.2, 0) is 6.18 Å². The number of pyridine rings is 1. The second kappa shape index (κ2) is 8.82. The Morgan fingerprint density at radius 3 is 2.52 bits per heavy atom. The molecule has 5 rings (SSSR count). The summed E-state index contributed by atoms with van der Waals surface area (Å²) in [6.07, 6.45) is 4.81. The number of benzene rings is 1. The average Bonchev–Trinajstić information content (AvgIpc) is 3.44. The second-order valence-corrected chi connectivity index (χ2v) is 9.06. The third kappa shape index (κ3) is 4.24. The van der Waals surface area contributed by atoms with E-state index in [9.17, 15) is 13.2 Å². The zero-order valence-electron chi connectivity index (χ0n) is 18.0. The number of nitrogens with one attached hydrogen (secondary N) is 1. The van der Waals surface area contributed by atoms with Gasteiger partial charge in [0.25, 0.3) is 0 Å². The van der Waals surface area contributed by atoms with E-state index in [1.165, 1.54) is 18.6 Å². The summed E-state index contributed by atoms with van der Waals surface area (Å²) >= 11 is 5.81. The van der Waals surface area contributed by atoms with Gasteiger partial charge in [-0.25, -0.2) is 0 Å². The Hall–Kier alpha value is -2.87. The Labute approximate surface area is 196 Å². The van der Waals surface area contributed by atoms with Crippen LogP contribution in [-0.4, -0.2) is 25.6 Å². The lowest BCUT2D eigenvalue weighted by atomic mass is 9.92. The smallest absolute Gasteiger partial charge is 0.352 e. The lowest BCUT2D eigenvalue weighted by Crippen LogP contribution is -2.40. The van der Waals surface area contributed by atoms with Gasteiger partial charge in [-0.1, -0.05) is 31.4 Å². The van der Waals surface area contributed by atoms with Gasteiger partial charge < -0.3 is 14.8 Å². The van der Waals surface area contributed by atoms with Gasteiger partial charge in [0.1, 0.15) is 0 Å². The number of nitrogens with zero attached hydrogens (tertiary/aromatic N) is 3. The summed E-state index contributed by atoms with van der Waals surface area (Å²) in [4.78, 5) is 6.85. The number of aromatic nitrogens is 2. The molecule has 1 aliphatic carbocycles. The van der Waals surface area contributed by atoms with E-state index in [1.807, 2.05) is 41.1 Å². The molecule has 8 heteroatoms. The molecule has 2 aromatic heterocycles.